The number of nitrogens with two attached hydrogens (primary N) is 1. The zero-order valence-electron chi connectivity index (χ0n) is 7.78. The zero-order chi connectivity index (χ0) is 8.41. The van der Waals surface area contributed by atoms with Crippen LogP contribution in [0.3, 0.4) is 0 Å². The second-order valence-corrected chi connectivity index (χ2v) is 4.30. The summed E-state index contributed by atoms with van der Waals surface area (Å²) in [5, 5.41) is 3.22. The summed E-state index contributed by atoms with van der Waals surface area (Å²) in [6.45, 7) is 8.40. The first-order valence-electron chi connectivity index (χ1n) is 3.75. The second kappa shape index (κ2) is 2.89. The average Bonchev–Trinajstić information content (AvgIpc) is 1.60. The topological polar surface area (TPSA) is 38.0 Å². The second-order valence-electron chi connectivity index (χ2n) is 4.30. The molecule has 0 saturated heterocycles. The van der Waals surface area contributed by atoms with Gasteiger partial charge in [0.1, 0.15) is 0 Å². The Morgan fingerprint density at radius 1 is 1.20 bits per heavy atom. The van der Waals surface area contributed by atoms with Crippen molar-refractivity contribution in [2.24, 2.45) is 5.73 Å². The van der Waals surface area contributed by atoms with Gasteiger partial charge in [0.25, 0.3) is 0 Å². The van der Waals surface area contributed by atoms with E-state index >= 15 is 0 Å². The molecule has 2 nitrogen and oxygen atoms in total. The van der Waals surface area contributed by atoms with E-state index in [2.05, 4.69) is 19.2 Å². The molecule has 0 aromatic rings. The van der Waals surface area contributed by atoms with Crippen LogP contribution in [0, 0.1) is 0 Å². The minimum absolute atomic E-state index is 0.0769. The molecule has 0 aromatic heterocycles. The molecule has 0 spiro atoms. The van der Waals surface area contributed by atoms with Gasteiger partial charge < -0.3 is 11.1 Å². The van der Waals surface area contributed by atoms with E-state index in [1.54, 1.807) is 0 Å². The Labute approximate surface area is 64.2 Å². The van der Waals surface area contributed by atoms with Gasteiger partial charge in [0.2, 0.25) is 0 Å². The highest BCUT2D eigenvalue weighted by atomic mass is 14.9. The van der Waals surface area contributed by atoms with E-state index in [1.807, 2.05) is 20.9 Å². The van der Waals surface area contributed by atoms with Crippen LogP contribution in [-0.2, 0) is 0 Å². The van der Waals surface area contributed by atoms with E-state index in [1.165, 1.54) is 0 Å². The highest BCUT2D eigenvalue weighted by molar-refractivity contribution is 4.86. The highest BCUT2D eigenvalue weighted by Crippen LogP contribution is 2.16. The molecule has 62 valence electrons. The molecule has 10 heavy (non-hydrogen) atoms. The van der Waals surface area contributed by atoms with Gasteiger partial charge in [-0.3, -0.25) is 0 Å². The van der Waals surface area contributed by atoms with Crippen LogP contribution in [0.4, 0.5) is 0 Å². The first kappa shape index (κ1) is 9.92. The summed E-state index contributed by atoms with van der Waals surface area (Å²) < 4.78 is 0. The van der Waals surface area contributed by atoms with E-state index in [0.29, 0.717) is 0 Å². The quantitative estimate of drug-likeness (QED) is 0.622. The molecule has 0 heterocycles. The molecule has 0 aromatic carbocycles. The van der Waals surface area contributed by atoms with E-state index in [-0.39, 0.29) is 11.1 Å². The molecule has 2 heteroatoms. The fourth-order valence-electron chi connectivity index (χ4n) is 1.23. The van der Waals surface area contributed by atoms with Crippen molar-refractivity contribution >= 4 is 0 Å². The van der Waals surface area contributed by atoms with Crippen molar-refractivity contribution in [1.82, 2.24) is 5.32 Å². The van der Waals surface area contributed by atoms with E-state index in [9.17, 15) is 0 Å². The third-order valence-electron chi connectivity index (χ3n) is 1.57. The Kier molecular flexibility index (Phi) is 2.86. The van der Waals surface area contributed by atoms with Crippen LogP contribution in [0.15, 0.2) is 0 Å². The predicted molar refractivity (Wildman–Crippen MR) is 46.0 cm³/mol. The molecule has 0 radical (unpaired) electrons. The molecule has 0 aliphatic heterocycles. The number of rotatable bonds is 3. The summed E-state index contributed by atoms with van der Waals surface area (Å²) in [4.78, 5) is 0. The van der Waals surface area contributed by atoms with Gasteiger partial charge in [-0.25, -0.2) is 0 Å². The maximum atomic E-state index is 5.86. The summed E-state index contributed by atoms with van der Waals surface area (Å²) in [5.74, 6) is 0. The standard InChI is InChI=1S/C8H20N2/c1-7(2,9)6-8(3,4)10-5/h10H,6,9H2,1-5H3. The summed E-state index contributed by atoms with van der Waals surface area (Å²) in [6, 6.07) is 0. The Morgan fingerprint density at radius 2 is 1.60 bits per heavy atom. The number of hydrogen-bond acceptors (Lipinski definition) is 2. The van der Waals surface area contributed by atoms with Crippen molar-refractivity contribution in [3.8, 4) is 0 Å². The van der Waals surface area contributed by atoms with Crippen LogP contribution in [-0.4, -0.2) is 18.1 Å². The van der Waals surface area contributed by atoms with Crippen molar-refractivity contribution < 1.29 is 0 Å². The lowest BCUT2D eigenvalue weighted by Crippen LogP contribution is -2.46. The van der Waals surface area contributed by atoms with Crippen molar-refractivity contribution in [2.45, 2.75) is 45.2 Å². The van der Waals surface area contributed by atoms with E-state index < -0.39 is 0 Å². The van der Waals surface area contributed by atoms with Gasteiger partial charge in [0, 0.05) is 11.1 Å². The Hall–Kier alpha value is -0.0800. The molecule has 0 amide bonds. The van der Waals surface area contributed by atoms with Crippen molar-refractivity contribution in [1.29, 1.82) is 0 Å². The molecule has 3 N–H and O–H groups in total. The van der Waals surface area contributed by atoms with Gasteiger partial charge in [0.15, 0.2) is 0 Å². The minimum atomic E-state index is -0.0769. The normalized spacial score (nSPS) is 13.8. The molecule has 0 aliphatic carbocycles. The lowest BCUT2D eigenvalue weighted by molar-refractivity contribution is 0.307. The van der Waals surface area contributed by atoms with Gasteiger partial charge in [-0.1, -0.05) is 0 Å². The fraction of sp³-hybridized carbons (Fsp3) is 1.00. The third kappa shape index (κ3) is 4.77. The van der Waals surface area contributed by atoms with E-state index in [0.717, 1.165) is 6.42 Å². The highest BCUT2D eigenvalue weighted by Gasteiger charge is 2.23. The predicted octanol–water partition coefficient (Wildman–Crippen LogP) is 1.11. The summed E-state index contributed by atoms with van der Waals surface area (Å²) in [5.41, 5.74) is 5.93. The molecular weight excluding hydrogens is 124 g/mol. The molecular formula is C8H20N2. The first-order chi connectivity index (χ1) is 4.27. The van der Waals surface area contributed by atoms with Crippen molar-refractivity contribution in [3.05, 3.63) is 0 Å². The van der Waals surface area contributed by atoms with Crippen LogP contribution >= 0.6 is 0 Å². The minimum Gasteiger partial charge on any atom is -0.325 e. The molecule has 0 rings (SSSR count). The number of nitrogens with one attached hydrogen (secondary N) is 1. The van der Waals surface area contributed by atoms with Crippen LogP contribution in [0.2, 0.25) is 0 Å². The van der Waals surface area contributed by atoms with Crippen LogP contribution < -0.4 is 11.1 Å². The lowest BCUT2D eigenvalue weighted by Gasteiger charge is -2.31. The van der Waals surface area contributed by atoms with Gasteiger partial charge >= 0.3 is 0 Å². The van der Waals surface area contributed by atoms with Crippen molar-refractivity contribution in [3.63, 3.8) is 0 Å². The molecule has 0 aliphatic rings. The summed E-state index contributed by atoms with van der Waals surface area (Å²) in [6.07, 6.45) is 0.983. The molecule has 0 saturated carbocycles. The van der Waals surface area contributed by atoms with Crippen LogP contribution in [0.1, 0.15) is 34.1 Å². The first-order valence-corrected chi connectivity index (χ1v) is 3.75. The van der Waals surface area contributed by atoms with E-state index in [4.69, 9.17) is 5.73 Å². The van der Waals surface area contributed by atoms with Gasteiger partial charge in [0.05, 0.1) is 0 Å². The zero-order valence-corrected chi connectivity index (χ0v) is 7.78. The lowest BCUT2D eigenvalue weighted by atomic mass is 9.88. The SMILES string of the molecule is CNC(C)(C)CC(C)(C)N. The summed E-state index contributed by atoms with van der Waals surface area (Å²) in [7, 11) is 1.96. The Balaban J connectivity index is 3.89. The molecule has 0 bridgehead atoms. The van der Waals surface area contributed by atoms with Gasteiger partial charge in [-0.05, 0) is 41.2 Å². The third-order valence-corrected chi connectivity index (χ3v) is 1.57. The van der Waals surface area contributed by atoms with Gasteiger partial charge in [-0.15, -0.1) is 0 Å². The van der Waals surface area contributed by atoms with Gasteiger partial charge in [-0.2, -0.15) is 0 Å². The maximum Gasteiger partial charge on any atom is 0.0139 e. The molecule has 0 unspecified atom stereocenters. The monoisotopic (exact) mass is 144 g/mol. The Bertz CT molecular complexity index is 100. The molecule has 0 fully saturated rings. The molecule has 0 atom stereocenters. The smallest absolute Gasteiger partial charge is 0.0139 e. The maximum absolute atomic E-state index is 5.86. The summed E-state index contributed by atoms with van der Waals surface area (Å²) >= 11 is 0. The van der Waals surface area contributed by atoms with Crippen LogP contribution in [0.5, 0.6) is 0 Å². The van der Waals surface area contributed by atoms with Crippen molar-refractivity contribution in [2.75, 3.05) is 7.05 Å². The fourth-order valence-corrected chi connectivity index (χ4v) is 1.23. The number of hydrogen-bond donors (Lipinski definition) is 2. The average molecular weight is 144 g/mol. The van der Waals surface area contributed by atoms with Crippen LogP contribution in [0.25, 0.3) is 0 Å². The largest absolute Gasteiger partial charge is 0.325 e. The Morgan fingerprint density at radius 3 is 1.70 bits per heavy atom.